The van der Waals surface area contributed by atoms with Crippen LogP contribution in [0.5, 0.6) is 23.0 Å². The van der Waals surface area contributed by atoms with Crippen LogP contribution in [0.15, 0.2) is 47.6 Å². The number of nitrogens with one attached hydrogen (secondary N) is 2. The van der Waals surface area contributed by atoms with Gasteiger partial charge >= 0.3 is 5.97 Å². The van der Waals surface area contributed by atoms with E-state index in [0.717, 1.165) is 5.69 Å². The number of nitrogens with zero attached hydrogens (tertiary/aromatic N) is 2. The molecule has 0 saturated carbocycles. The number of rotatable bonds is 6. The van der Waals surface area contributed by atoms with Crippen LogP contribution < -0.4 is 24.4 Å². The number of hydrogen-bond acceptors (Lipinski definition) is 8. The molecule has 2 aromatic carbocycles. The smallest absolute Gasteiger partial charge is 0.343 e. The number of aryl methyl sites for hydroxylation is 1. The summed E-state index contributed by atoms with van der Waals surface area (Å²) >= 11 is 0. The number of ether oxygens (including phenoxy) is 4. The van der Waals surface area contributed by atoms with E-state index in [4.69, 9.17) is 18.9 Å². The normalized spacial score (nSPS) is 12.1. The first-order valence-corrected chi connectivity index (χ1v) is 9.19. The molecule has 2 N–H and O–H groups in total. The number of hydrogen-bond donors (Lipinski definition) is 2. The van der Waals surface area contributed by atoms with Gasteiger partial charge in [0.25, 0.3) is 5.91 Å². The number of carbonyl (C=O) groups is 2. The molecule has 31 heavy (non-hydrogen) atoms. The van der Waals surface area contributed by atoms with E-state index in [9.17, 15) is 9.59 Å². The second-order valence-corrected chi connectivity index (χ2v) is 6.50. The van der Waals surface area contributed by atoms with Crippen molar-refractivity contribution in [3.63, 3.8) is 0 Å². The van der Waals surface area contributed by atoms with Gasteiger partial charge in [0.2, 0.25) is 6.79 Å². The summed E-state index contributed by atoms with van der Waals surface area (Å²) in [5, 5.41) is 10.4. The van der Waals surface area contributed by atoms with E-state index in [1.54, 1.807) is 49.4 Å². The summed E-state index contributed by atoms with van der Waals surface area (Å²) in [5.41, 5.74) is 4.33. The summed E-state index contributed by atoms with van der Waals surface area (Å²) in [5.74, 6) is 0.611. The summed E-state index contributed by atoms with van der Waals surface area (Å²) in [7, 11) is 1.45. The van der Waals surface area contributed by atoms with Gasteiger partial charge in [0, 0.05) is 5.69 Å². The minimum Gasteiger partial charge on any atom is -0.493 e. The second kappa shape index (κ2) is 8.57. The van der Waals surface area contributed by atoms with Gasteiger partial charge in [-0.1, -0.05) is 0 Å². The lowest BCUT2D eigenvalue weighted by Gasteiger charge is -2.10. The van der Waals surface area contributed by atoms with Crippen LogP contribution in [0.2, 0.25) is 0 Å². The van der Waals surface area contributed by atoms with Crippen LogP contribution in [-0.2, 0) is 0 Å². The molecule has 0 bridgehead atoms. The first-order valence-electron chi connectivity index (χ1n) is 9.19. The third-order valence-electron chi connectivity index (χ3n) is 4.32. The van der Waals surface area contributed by atoms with Gasteiger partial charge < -0.3 is 18.9 Å². The SMILES string of the molecule is COc1cc(/C=N/NC(=O)c2cc(C)[nH]n2)ccc1OC(=O)c1ccc2c(c1)OCO2. The maximum Gasteiger partial charge on any atom is 0.343 e. The molecular formula is C21H18N4O6. The van der Waals surface area contributed by atoms with Crippen molar-refractivity contribution in [1.29, 1.82) is 0 Å². The third-order valence-corrected chi connectivity index (χ3v) is 4.32. The number of hydrazone groups is 1. The molecule has 3 aromatic rings. The molecule has 158 valence electrons. The molecule has 0 aliphatic carbocycles. The molecule has 0 fully saturated rings. The Morgan fingerprint density at radius 1 is 1.13 bits per heavy atom. The lowest BCUT2D eigenvalue weighted by atomic mass is 10.2. The van der Waals surface area contributed by atoms with Gasteiger partial charge in [0.1, 0.15) is 0 Å². The number of amides is 1. The largest absolute Gasteiger partial charge is 0.493 e. The van der Waals surface area contributed by atoms with Crippen LogP contribution in [0.25, 0.3) is 0 Å². The molecule has 1 aliphatic rings. The Kier molecular flexibility index (Phi) is 5.52. The van der Waals surface area contributed by atoms with E-state index in [1.165, 1.54) is 13.3 Å². The Hall–Kier alpha value is -4.34. The number of methoxy groups -OCH3 is 1. The Morgan fingerprint density at radius 3 is 2.74 bits per heavy atom. The van der Waals surface area contributed by atoms with Crippen molar-refractivity contribution >= 4 is 18.1 Å². The van der Waals surface area contributed by atoms with Gasteiger partial charge in [0.15, 0.2) is 28.7 Å². The fourth-order valence-corrected chi connectivity index (χ4v) is 2.79. The molecule has 1 aromatic heterocycles. The highest BCUT2D eigenvalue weighted by molar-refractivity contribution is 5.94. The number of H-pyrrole nitrogens is 1. The summed E-state index contributed by atoms with van der Waals surface area (Å²) in [4.78, 5) is 24.4. The third kappa shape index (κ3) is 4.47. The molecular weight excluding hydrogens is 404 g/mol. The lowest BCUT2D eigenvalue weighted by molar-refractivity contribution is 0.0729. The van der Waals surface area contributed by atoms with Crippen LogP contribution in [0, 0.1) is 6.92 Å². The molecule has 0 atom stereocenters. The second-order valence-electron chi connectivity index (χ2n) is 6.50. The average molecular weight is 422 g/mol. The standard InChI is InChI=1S/C21H18N4O6/c1-12-7-15(24-23-12)20(26)25-22-10-13-3-5-17(18(8-13)28-2)31-21(27)14-4-6-16-19(9-14)30-11-29-16/h3-10H,11H2,1-2H3,(H,23,24)(H,25,26)/b22-10+. The van der Waals surface area contributed by atoms with E-state index >= 15 is 0 Å². The van der Waals surface area contributed by atoms with Crippen molar-refractivity contribution in [1.82, 2.24) is 15.6 Å². The molecule has 0 unspecified atom stereocenters. The van der Waals surface area contributed by atoms with E-state index in [-0.39, 0.29) is 18.2 Å². The first kappa shape index (κ1) is 20.0. The zero-order valence-electron chi connectivity index (χ0n) is 16.7. The van der Waals surface area contributed by atoms with E-state index < -0.39 is 11.9 Å². The minimum absolute atomic E-state index is 0.118. The van der Waals surface area contributed by atoms with Gasteiger partial charge in [-0.25, -0.2) is 10.2 Å². The van der Waals surface area contributed by atoms with Crippen LogP contribution >= 0.6 is 0 Å². The summed E-state index contributed by atoms with van der Waals surface area (Å²) in [6.07, 6.45) is 1.43. The number of aromatic amines is 1. The number of benzene rings is 2. The summed E-state index contributed by atoms with van der Waals surface area (Å²) < 4.78 is 21.3. The van der Waals surface area contributed by atoms with Crippen LogP contribution in [-0.4, -0.2) is 42.2 Å². The molecule has 10 nitrogen and oxygen atoms in total. The molecule has 10 heteroatoms. The molecule has 2 heterocycles. The quantitative estimate of drug-likeness (QED) is 0.271. The fourth-order valence-electron chi connectivity index (χ4n) is 2.79. The van der Waals surface area contributed by atoms with E-state index in [2.05, 4.69) is 20.7 Å². The fraction of sp³-hybridized carbons (Fsp3) is 0.143. The molecule has 0 spiro atoms. The van der Waals surface area contributed by atoms with E-state index in [0.29, 0.717) is 28.4 Å². The summed E-state index contributed by atoms with van der Waals surface area (Å²) in [6.45, 7) is 1.91. The van der Waals surface area contributed by atoms with Gasteiger partial charge in [-0.3, -0.25) is 9.89 Å². The Morgan fingerprint density at radius 2 is 1.97 bits per heavy atom. The first-order chi connectivity index (χ1) is 15.0. The van der Waals surface area contributed by atoms with Crippen LogP contribution in [0.4, 0.5) is 0 Å². The predicted molar refractivity (Wildman–Crippen MR) is 109 cm³/mol. The number of fused-ring (bicyclic) bond motifs is 1. The topological polar surface area (TPSA) is 124 Å². The van der Waals surface area contributed by atoms with Crippen molar-refractivity contribution in [2.45, 2.75) is 6.92 Å². The van der Waals surface area contributed by atoms with Crippen molar-refractivity contribution in [2.75, 3.05) is 13.9 Å². The highest BCUT2D eigenvalue weighted by Crippen LogP contribution is 2.33. The average Bonchev–Trinajstić information content (AvgIpc) is 3.42. The van der Waals surface area contributed by atoms with Crippen molar-refractivity contribution in [2.24, 2.45) is 5.10 Å². The molecule has 1 amide bonds. The van der Waals surface area contributed by atoms with Crippen molar-refractivity contribution in [3.05, 3.63) is 65.0 Å². The van der Waals surface area contributed by atoms with Crippen molar-refractivity contribution < 1.29 is 28.5 Å². The van der Waals surface area contributed by atoms with Gasteiger partial charge in [-0.05, 0) is 55.0 Å². The zero-order chi connectivity index (χ0) is 21.8. The monoisotopic (exact) mass is 422 g/mol. The molecule has 0 radical (unpaired) electrons. The Bertz CT molecular complexity index is 1170. The van der Waals surface area contributed by atoms with Crippen LogP contribution in [0.3, 0.4) is 0 Å². The van der Waals surface area contributed by atoms with Crippen LogP contribution in [0.1, 0.15) is 32.1 Å². The number of esters is 1. The minimum atomic E-state index is -0.570. The highest BCUT2D eigenvalue weighted by atomic mass is 16.7. The molecule has 1 aliphatic heterocycles. The van der Waals surface area contributed by atoms with Gasteiger partial charge in [-0.15, -0.1) is 0 Å². The van der Waals surface area contributed by atoms with Gasteiger partial charge in [0.05, 0.1) is 18.9 Å². The van der Waals surface area contributed by atoms with Gasteiger partial charge in [-0.2, -0.15) is 10.2 Å². The maximum absolute atomic E-state index is 12.5. The number of aromatic nitrogens is 2. The molecule has 4 rings (SSSR count). The predicted octanol–water partition coefficient (Wildman–Crippen LogP) is 2.44. The lowest BCUT2D eigenvalue weighted by Crippen LogP contribution is -2.18. The maximum atomic E-state index is 12.5. The Labute approximate surface area is 176 Å². The Balaban J connectivity index is 1.42. The summed E-state index contributed by atoms with van der Waals surface area (Å²) in [6, 6.07) is 11.3. The van der Waals surface area contributed by atoms with Crippen molar-refractivity contribution in [3.8, 4) is 23.0 Å². The van der Waals surface area contributed by atoms with E-state index in [1.807, 2.05) is 0 Å². The number of carbonyl (C=O) groups excluding carboxylic acids is 2. The highest BCUT2D eigenvalue weighted by Gasteiger charge is 2.18. The zero-order valence-corrected chi connectivity index (χ0v) is 16.7. The molecule has 0 saturated heterocycles.